The molecular formula is C14H24. The lowest BCUT2D eigenvalue weighted by atomic mass is 10.0. The third-order valence-electron chi connectivity index (χ3n) is 2.30. The van der Waals surface area contributed by atoms with Crippen molar-refractivity contribution in [2.45, 2.75) is 53.9 Å². The SMILES string of the molecule is CC.CCCCc1ccc(C)cc1C. The minimum Gasteiger partial charge on any atom is -0.0683 e. The number of benzene rings is 1. The summed E-state index contributed by atoms with van der Waals surface area (Å²) >= 11 is 0. The van der Waals surface area contributed by atoms with Gasteiger partial charge in [0.05, 0.1) is 0 Å². The van der Waals surface area contributed by atoms with Crippen LogP contribution in [0.2, 0.25) is 0 Å². The highest BCUT2D eigenvalue weighted by atomic mass is 14.0. The molecule has 0 saturated heterocycles. The molecule has 0 aromatic heterocycles. The van der Waals surface area contributed by atoms with E-state index in [1.54, 1.807) is 0 Å². The van der Waals surface area contributed by atoms with Crippen LogP contribution >= 0.6 is 0 Å². The van der Waals surface area contributed by atoms with Gasteiger partial charge in [-0.2, -0.15) is 0 Å². The van der Waals surface area contributed by atoms with Crippen LogP contribution in [-0.2, 0) is 6.42 Å². The van der Waals surface area contributed by atoms with Crippen LogP contribution in [-0.4, -0.2) is 0 Å². The van der Waals surface area contributed by atoms with Crippen LogP contribution in [0.1, 0.15) is 50.3 Å². The van der Waals surface area contributed by atoms with E-state index in [1.165, 1.54) is 36.0 Å². The Bertz CT molecular complexity index is 248. The summed E-state index contributed by atoms with van der Waals surface area (Å²) in [6.45, 7) is 10.6. The number of unbranched alkanes of at least 4 members (excludes halogenated alkanes) is 1. The molecule has 1 rings (SSSR count). The molecule has 0 aliphatic carbocycles. The summed E-state index contributed by atoms with van der Waals surface area (Å²) in [7, 11) is 0. The highest BCUT2D eigenvalue weighted by Crippen LogP contribution is 2.12. The molecule has 0 N–H and O–H groups in total. The van der Waals surface area contributed by atoms with Crippen molar-refractivity contribution in [2.75, 3.05) is 0 Å². The van der Waals surface area contributed by atoms with Gasteiger partial charge in [0.1, 0.15) is 0 Å². The van der Waals surface area contributed by atoms with Crippen molar-refractivity contribution >= 4 is 0 Å². The Labute approximate surface area is 89.4 Å². The van der Waals surface area contributed by atoms with Gasteiger partial charge in [0.2, 0.25) is 0 Å². The zero-order chi connectivity index (χ0) is 11.0. The fraction of sp³-hybridized carbons (Fsp3) is 0.571. The normalized spacial score (nSPS) is 9.21. The van der Waals surface area contributed by atoms with Gasteiger partial charge in [-0.3, -0.25) is 0 Å². The van der Waals surface area contributed by atoms with E-state index < -0.39 is 0 Å². The summed E-state index contributed by atoms with van der Waals surface area (Å²) in [5.41, 5.74) is 4.33. The van der Waals surface area contributed by atoms with E-state index in [0.717, 1.165) is 0 Å². The summed E-state index contributed by atoms with van der Waals surface area (Å²) < 4.78 is 0. The van der Waals surface area contributed by atoms with Crippen molar-refractivity contribution < 1.29 is 0 Å². The van der Waals surface area contributed by atoms with E-state index >= 15 is 0 Å². The maximum Gasteiger partial charge on any atom is -0.0276 e. The van der Waals surface area contributed by atoms with Gasteiger partial charge in [-0.1, -0.05) is 51.0 Å². The van der Waals surface area contributed by atoms with Crippen molar-refractivity contribution in [1.29, 1.82) is 0 Å². The second-order valence-electron chi connectivity index (χ2n) is 3.53. The monoisotopic (exact) mass is 192 g/mol. The molecule has 1 aromatic rings. The lowest BCUT2D eigenvalue weighted by Gasteiger charge is -2.05. The second kappa shape index (κ2) is 7.61. The molecule has 0 heterocycles. The third kappa shape index (κ3) is 4.45. The van der Waals surface area contributed by atoms with Gasteiger partial charge in [-0.05, 0) is 37.8 Å². The van der Waals surface area contributed by atoms with E-state index in [-0.39, 0.29) is 0 Å². The van der Waals surface area contributed by atoms with Gasteiger partial charge in [0.25, 0.3) is 0 Å². The Morgan fingerprint density at radius 2 is 1.71 bits per heavy atom. The first-order chi connectivity index (χ1) is 6.74. The van der Waals surface area contributed by atoms with Crippen LogP contribution in [0.25, 0.3) is 0 Å². The molecule has 0 aliphatic heterocycles. The van der Waals surface area contributed by atoms with Gasteiger partial charge in [-0.25, -0.2) is 0 Å². The zero-order valence-corrected chi connectivity index (χ0v) is 10.4. The van der Waals surface area contributed by atoms with E-state index in [1.807, 2.05) is 13.8 Å². The molecule has 0 spiro atoms. The molecule has 0 fully saturated rings. The van der Waals surface area contributed by atoms with Gasteiger partial charge in [0.15, 0.2) is 0 Å². The molecule has 0 amide bonds. The minimum atomic E-state index is 1.24. The molecule has 0 radical (unpaired) electrons. The number of hydrogen-bond donors (Lipinski definition) is 0. The Balaban J connectivity index is 0.000000791. The minimum absolute atomic E-state index is 1.24. The molecule has 0 bridgehead atoms. The van der Waals surface area contributed by atoms with Crippen LogP contribution in [0.15, 0.2) is 18.2 Å². The number of hydrogen-bond acceptors (Lipinski definition) is 0. The van der Waals surface area contributed by atoms with Crippen molar-refractivity contribution in [2.24, 2.45) is 0 Å². The highest BCUT2D eigenvalue weighted by Gasteiger charge is 1.96. The molecule has 0 nitrogen and oxygen atoms in total. The lowest BCUT2D eigenvalue weighted by molar-refractivity contribution is 0.791. The fourth-order valence-electron chi connectivity index (χ4n) is 1.49. The first-order valence-electron chi connectivity index (χ1n) is 5.80. The van der Waals surface area contributed by atoms with E-state index in [0.29, 0.717) is 0 Å². The van der Waals surface area contributed by atoms with E-state index in [2.05, 4.69) is 39.0 Å². The third-order valence-corrected chi connectivity index (χ3v) is 2.30. The predicted octanol–water partition coefficient (Wildman–Crippen LogP) is 4.67. The number of aryl methyl sites for hydroxylation is 3. The van der Waals surface area contributed by atoms with Crippen molar-refractivity contribution in [3.8, 4) is 0 Å². The molecule has 0 unspecified atom stereocenters. The first kappa shape index (κ1) is 13.2. The Morgan fingerprint density at radius 1 is 1.07 bits per heavy atom. The zero-order valence-electron chi connectivity index (χ0n) is 10.4. The predicted molar refractivity (Wildman–Crippen MR) is 65.9 cm³/mol. The Morgan fingerprint density at radius 3 is 2.21 bits per heavy atom. The average Bonchev–Trinajstić information content (AvgIpc) is 2.20. The van der Waals surface area contributed by atoms with E-state index in [9.17, 15) is 0 Å². The van der Waals surface area contributed by atoms with Crippen LogP contribution < -0.4 is 0 Å². The highest BCUT2D eigenvalue weighted by molar-refractivity contribution is 5.30. The Hall–Kier alpha value is -0.780. The summed E-state index contributed by atoms with van der Waals surface area (Å²) in [4.78, 5) is 0. The summed E-state index contributed by atoms with van der Waals surface area (Å²) in [5.74, 6) is 0. The van der Waals surface area contributed by atoms with Crippen LogP contribution in [0, 0.1) is 13.8 Å². The van der Waals surface area contributed by atoms with Gasteiger partial charge < -0.3 is 0 Å². The van der Waals surface area contributed by atoms with Crippen LogP contribution in [0.5, 0.6) is 0 Å². The smallest absolute Gasteiger partial charge is 0.0276 e. The second-order valence-corrected chi connectivity index (χ2v) is 3.53. The molecule has 80 valence electrons. The standard InChI is InChI=1S/C12H18.C2H6/c1-4-5-6-12-8-7-10(2)9-11(12)3;1-2/h7-9H,4-6H2,1-3H3;1-2H3. The van der Waals surface area contributed by atoms with E-state index in [4.69, 9.17) is 0 Å². The first-order valence-corrected chi connectivity index (χ1v) is 5.80. The molecule has 1 aromatic carbocycles. The molecule has 0 atom stereocenters. The molecule has 14 heavy (non-hydrogen) atoms. The molecule has 0 saturated carbocycles. The maximum absolute atomic E-state index is 2.27. The quantitative estimate of drug-likeness (QED) is 0.652. The van der Waals surface area contributed by atoms with Crippen molar-refractivity contribution in [3.63, 3.8) is 0 Å². The summed E-state index contributed by atoms with van der Waals surface area (Å²) in [6.07, 6.45) is 3.83. The average molecular weight is 192 g/mol. The summed E-state index contributed by atoms with van der Waals surface area (Å²) in [6, 6.07) is 6.74. The topological polar surface area (TPSA) is 0 Å². The fourth-order valence-corrected chi connectivity index (χ4v) is 1.49. The van der Waals surface area contributed by atoms with Crippen molar-refractivity contribution in [3.05, 3.63) is 34.9 Å². The van der Waals surface area contributed by atoms with Gasteiger partial charge in [0, 0.05) is 0 Å². The lowest BCUT2D eigenvalue weighted by Crippen LogP contribution is -1.89. The van der Waals surface area contributed by atoms with Crippen LogP contribution in [0.3, 0.4) is 0 Å². The molecule has 0 aliphatic rings. The molecular weight excluding hydrogens is 168 g/mol. The number of rotatable bonds is 3. The Kier molecular flexibility index (Phi) is 7.18. The summed E-state index contributed by atoms with van der Waals surface area (Å²) in [5, 5.41) is 0. The van der Waals surface area contributed by atoms with Crippen LogP contribution in [0.4, 0.5) is 0 Å². The largest absolute Gasteiger partial charge is 0.0683 e. The van der Waals surface area contributed by atoms with Gasteiger partial charge in [-0.15, -0.1) is 0 Å². The van der Waals surface area contributed by atoms with Crippen molar-refractivity contribution in [1.82, 2.24) is 0 Å². The maximum atomic E-state index is 2.27. The van der Waals surface area contributed by atoms with Gasteiger partial charge >= 0.3 is 0 Å². The molecule has 0 heteroatoms.